The summed E-state index contributed by atoms with van der Waals surface area (Å²) in [5, 5.41) is 5.26. The number of carbonyl (C=O) groups excluding carboxylic acids is 3. The van der Waals surface area contributed by atoms with Crippen molar-refractivity contribution in [3.8, 4) is 0 Å². The molecule has 0 heterocycles. The predicted molar refractivity (Wildman–Crippen MR) is 75.9 cm³/mol. The van der Waals surface area contributed by atoms with Gasteiger partial charge in [0.15, 0.2) is 0 Å². The third-order valence-corrected chi connectivity index (χ3v) is 2.68. The minimum absolute atomic E-state index is 0.128. The molecule has 0 aromatic carbocycles. The van der Waals surface area contributed by atoms with Gasteiger partial charge in [-0.15, -0.1) is 0 Å². The second-order valence-corrected chi connectivity index (χ2v) is 5.55. The van der Waals surface area contributed by atoms with Crippen LogP contribution in [0.4, 0.5) is 0 Å². The molecule has 2 N–H and O–H groups in total. The fraction of sp³-hybridized carbons (Fsp3) is 0.786. The maximum absolute atomic E-state index is 12.1. The van der Waals surface area contributed by atoms with E-state index >= 15 is 0 Å². The van der Waals surface area contributed by atoms with Crippen molar-refractivity contribution in [1.29, 1.82) is 0 Å². The van der Waals surface area contributed by atoms with Gasteiger partial charge in [0.2, 0.25) is 11.8 Å². The molecule has 20 heavy (non-hydrogen) atoms. The van der Waals surface area contributed by atoms with Crippen molar-refractivity contribution in [3.05, 3.63) is 0 Å². The summed E-state index contributed by atoms with van der Waals surface area (Å²) in [6.07, 6.45) is 0.194. The Hall–Kier alpha value is -1.59. The minimum atomic E-state index is -0.878. The molecular weight excluding hydrogens is 260 g/mol. The van der Waals surface area contributed by atoms with Crippen LogP contribution in [0.3, 0.4) is 0 Å². The first-order valence-electron chi connectivity index (χ1n) is 6.95. The smallest absolute Gasteiger partial charge is 0.319 e. The Morgan fingerprint density at radius 3 is 2.15 bits per heavy atom. The summed E-state index contributed by atoms with van der Waals surface area (Å²) >= 11 is 0. The largest absolute Gasteiger partial charge is 0.465 e. The lowest BCUT2D eigenvalue weighted by molar-refractivity contribution is -0.156. The average Bonchev–Trinajstić information content (AvgIpc) is 2.27. The summed E-state index contributed by atoms with van der Waals surface area (Å²) in [6, 6.07) is 0. The first-order chi connectivity index (χ1) is 9.23. The molecule has 1 unspecified atom stereocenters. The number of amides is 2. The molecular formula is C14H26N2O4. The lowest BCUT2D eigenvalue weighted by Gasteiger charge is -2.27. The molecule has 0 aromatic rings. The van der Waals surface area contributed by atoms with Gasteiger partial charge in [0.1, 0.15) is 5.92 Å². The van der Waals surface area contributed by atoms with Gasteiger partial charge in [-0.25, -0.2) is 0 Å². The highest BCUT2D eigenvalue weighted by molar-refractivity contribution is 5.98. The molecule has 0 aliphatic heterocycles. The van der Waals surface area contributed by atoms with Crippen molar-refractivity contribution in [2.24, 2.45) is 11.3 Å². The van der Waals surface area contributed by atoms with Crippen LogP contribution in [-0.2, 0) is 19.1 Å². The van der Waals surface area contributed by atoms with Crippen molar-refractivity contribution in [2.75, 3.05) is 19.7 Å². The quantitative estimate of drug-likeness (QED) is 0.537. The Morgan fingerprint density at radius 2 is 1.70 bits per heavy atom. The van der Waals surface area contributed by atoms with Crippen molar-refractivity contribution < 1.29 is 19.1 Å². The monoisotopic (exact) mass is 286 g/mol. The van der Waals surface area contributed by atoms with E-state index in [2.05, 4.69) is 10.6 Å². The van der Waals surface area contributed by atoms with Gasteiger partial charge in [-0.05, 0) is 19.3 Å². The van der Waals surface area contributed by atoms with Crippen molar-refractivity contribution in [3.63, 3.8) is 0 Å². The van der Waals surface area contributed by atoms with E-state index in [1.165, 1.54) is 0 Å². The molecule has 0 aliphatic rings. The van der Waals surface area contributed by atoms with Gasteiger partial charge in [0.25, 0.3) is 0 Å². The molecule has 0 rings (SSSR count). The summed E-state index contributed by atoms with van der Waals surface area (Å²) in [4.78, 5) is 35.2. The first kappa shape index (κ1) is 18.4. The molecule has 0 bridgehead atoms. The molecule has 0 saturated carbocycles. The van der Waals surface area contributed by atoms with Gasteiger partial charge in [-0.3, -0.25) is 14.4 Å². The van der Waals surface area contributed by atoms with E-state index in [4.69, 9.17) is 4.74 Å². The van der Waals surface area contributed by atoms with E-state index in [1.807, 2.05) is 6.92 Å². The van der Waals surface area contributed by atoms with E-state index in [1.54, 1.807) is 27.7 Å². The molecule has 0 radical (unpaired) electrons. The Morgan fingerprint density at radius 1 is 1.10 bits per heavy atom. The molecule has 0 spiro atoms. The summed E-state index contributed by atoms with van der Waals surface area (Å²) in [6.45, 7) is 9.93. The van der Waals surface area contributed by atoms with E-state index in [0.717, 1.165) is 0 Å². The summed E-state index contributed by atoms with van der Waals surface area (Å²) in [5.74, 6) is -1.94. The maximum Gasteiger partial charge on any atom is 0.319 e. The number of nitrogens with one attached hydrogen (secondary N) is 2. The van der Waals surface area contributed by atoms with Gasteiger partial charge in [-0.2, -0.15) is 0 Å². The number of hydrogen-bond acceptors (Lipinski definition) is 4. The van der Waals surface area contributed by atoms with E-state index in [9.17, 15) is 14.4 Å². The second-order valence-electron chi connectivity index (χ2n) is 5.55. The lowest BCUT2D eigenvalue weighted by atomic mass is 9.80. The van der Waals surface area contributed by atoms with Crippen LogP contribution >= 0.6 is 0 Å². The minimum Gasteiger partial charge on any atom is -0.465 e. The first-order valence-corrected chi connectivity index (χ1v) is 6.95. The number of hydrogen-bond donors (Lipinski definition) is 2. The molecule has 0 saturated heterocycles. The molecule has 6 nitrogen and oxygen atoms in total. The number of ether oxygens (including phenoxy) is 1. The van der Waals surface area contributed by atoms with Gasteiger partial charge < -0.3 is 15.4 Å². The molecule has 2 amide bonds. The summed E-state index contributed by atoms with van der Waals surface area (Å²) < 4.78 is 4.94. The van der Waals surface area contributed by atoms with E-state index in [0.29, 0.717) is 6.54 Å². The topological polar surface area (TPSA) is 84.5 Å². The Labute approximate surface area is 120 Å². The van der Waals surface area contributed by atoms with Crippen molar-refractivity contribution in [2.45, 2.75) is 41.0 Å². The van der Waals surface area contributed by atoms with E-state index in [-0.39, 0.29) is 25.5 Å². The van der Waals surface area contributed by atoms with Gasteiger partial charge in [0, 0.05) is 19.5 Å². The van der Waals surface area contributed by atoms with Crippen LogP contribution in [-0.4, -0.2) is 37.5 Å². The van der Waals surface area contributed by atoms with Crippen molar-refractivity contribution in [1.82, 2.24) is 10.6 Å². The van der Waals surface area contributed by atoms with Crippen LogP contribution in [0.2, 0.25) is 0 Å². The number of esters is 1. The molecule has 0 aliphatic carbocycles. The summed E-state index contributed by atoms with van der Waals surface area (Å²) in [7, 11) is 0. The molecule has 116 valence electrons. The normalized spacial score (nSPS) is 12.4. The van der Waals surface area contributed by atoms with Crippen LogP contribution < -0.4 is 10.6 Å². The van der Waals surface area contributed by atoms with E-state index < -0.39 is 23.2 Å². The molecule has 6 heteroatoms. The zero-order valence-electron chi connectivity index (χ0n) is 13.0. The lowest BCUT2D eigenvalue weighted by Crippen LogP contribution is -2.44. The second kappa shape index (κ2) is 8.55. The van der Waals surface area contributed by atoms with Gasteiger partial charge >= 0.3 is 5.97 Å². The fourth-order valence-electron chi connectivity index (χ4n) is 1.77. The third kappa shape index (κ3) is 6.54. The summed E-state index contributed by atoms with van der Waals surface area (Å²) in [5.41, 5.74) is -0.540. The maximum atomic E-state index is 12.1. The van der Waals surface area contributed by atoms with Crippen LogP contribution in [0.1, 0.15) is 41.0 Å². The Kier molecular flexibility index (Phi) is 7.87. The van der Waals surface area contributed by atoms with Gasteiger partial charge in [-0.1, -0.05) is 20.8 Å². The Balaban J connectivity index is 4.50. The molecule has 0 aromatic heterocycles. The zero-order valence-corrected chi connectivity index (χ0v) is 13.0. The molecule has 0 fully saturated rings. The van der Waals surface area contributed by atoms with Gasteiger partial charge in [0.05, 0.1) is 6.61 Å². The highest BCUT2D eigenvalue weighted by Crippen LogP contribution is 2.27. The van der Waals surface area contributed by atoms with Crippen LogP contribution in [0.5, 0.6) is 0 Å². The Bertz CT molecular complexity index is 348. The molecule has 1 atom stereocenters. The predicted octanol–water partition coefficient (Wildman–Crippen LogP) is 0.854. The highest BCUT2D eigenvalue weighted by atomic mass is 16.5. The van der Waals surface area contributed by atoms with Crippen LogP contribution in [0.25, 0.3) is 0 Å². The number of carbonyl (C=O) groups is 3. The fourth-order valence-corrected chi connectivity index (χ4v) is 1.77. The third-order valence-electron chi connectivity index (χ3n) is 2.68. The van der Waals surface area contributed by atoms with Crippen molar-refractivity contribution >= 4 is 17.8 Å². The van der Waals surface area contributed by atoms with Crippen LogP contribution in [0.15, 0.2) is 0 Å². The SMILES string of the molecule is CCNC(=O)CCNC(=O)C(C(=O)OCC)C(C)(C)C. The highest BCUT2D eigenvalue weighted by Gasteiger charge is 2.38. The zero-order chi connectivity index (χ0) is 15.8. The number of rotatable bonds is 7. The average molecular weight is 286 g/mol. The van der Waals surface area contributed by atoms with Crippen LogP contribution in [0, 0.1) is 11.3 Å². The standard InChI is InChI=1S/C14H26N2O4/c1-6-15-10(17)8-9-16-12(18)11(14(3,4)5)13(19)20-7-2/h11H,6-9H2,1-5H3,(H,15,17)(H,16,18).